The van der Waals surface area contributed by atoms with Crippen LogP contribution in [-0.2, 0) is 12.5 Å². The van der Waals surface area contributed by atoms with E-state index in [1.54, 1.807) is 7.05 Å². The van der Waals surface area contributed by atoms with Crippen molar-refractivity contribution in [3.8, 4) is 0 Å². The van der Waals surface area contributed by atoms with Gasteiger partial charge < -0.3 is 5.73 Å². The molecule has 0 atom stereocenters. The number of aromatic nitrogens is 5. The molecule has 0 spiro atoms. The maximum Gasteiger partial charge on any atom is 0.343 e. The van der Waals surface area contributed by atoms with Gasteiger partial charge in [0.15, 0.2) is 5.16 Å². The third-order valence-corrected chi connectivity index (χ3v) is 3.97. The molecule has 2 aromatic heterocycles. The lowest BCUT2D eigenvalue weighted by atomic mass is 9.95. The molecule has 0 amide bonds. The van der Waals surface area contributed by atoms with Crippen LogP contribution in [0.4, 0.5) is 5.82 Å². The van der Waals surface area contributed by atoms with Gasteiger partial charge in [-0.1, -0.05) is 20.8 Å². The molecule has 0 saturated heterocycles. The largest absolute Gasteiger partial charge is 0.383 e. The van der Waals surface area contributed by atoms with E-state index in [-0.39, 0.29) is 11.1 Å². The molecule has 0 aliphatic rings. The highest BCUT2D eigenvalue weighted by molar-refractivity contribution is 7.99. The monoisotopic (exact) mass is 294 g/mol. The number of aromatic amines is 1. The number of nitrogens with two attached hydrogens (primary N) is 1. The second kappa shape index (κ2) is 4.93. The molecular formula is C12H18N6OS. The zero-order chi connectivity index (χ0) is 15.1. The summed E-state index contributed by atoms with van der Waals surface area (Å²) in [6, 6.07) is 0. The lowest BCUT2D eigenvalue weighted by Gasteiger charge is -2.18. The number of H-pyrrole nitrogens is 1. The second-order valence-electron chi connectivity index (χ2n) is 5.59. The topological polar surface area (TPSA) is 102 Å². The molecule has 20 heavy (non-hydrogen) atoms. The van der Waals surface area contributed by atoms with Crippen LogP contribution < -0.4 is 11.4 Å². The van der Waals surface area contributed by atoms with Gasteiger partial charge in [-0.25, -0.2) is 19.9 Å². The van der Waals surface area contributed by atoms with Crippen molar-refractivity contribution in [3.05, 3.63) is 21.9 Å². The van der Waals surface area contributed by atoms with E-state index in [9.17, 15) is 4.79 Å². The van der Waals surface area contributed by atoms with Crippen LogP contribution in [0.15, 0.2) is 15.0 Å². The molecule has 0 aromatic carbocycles. The van der Waals surface area contributed by atoms with E-state index in [0.717, 1.165) is 5.56 Å². The molecule has 108 valence electrons. The van der Waals surface area contributed by atoms with Crippen LogP contribution in [0.25, 0.3) is 0 Å². The minimum atomic E-state index is -0.261. The highest BCUT2D eigenvalue weighted by atomic mass is 32.2. The van der Waals surface area contributed by atoms with Gasteiger partial charge in [0.1, 0.15) is 16.7 Å². The summed E-state index contributed by atoms with van der Waals surface area (Å²) in [5.41, 5.74) is 6.28. The van der Waals surface area contributed by atoms with Gasteiger partial charge in [-0.3, -0.25) is 4.57 Å². The SMILES string of the molecule is Cc1c(N)nc(C(C)(C)C)nc1Sc1n[nH]c(=O)n1C. The average Bonchev–Trinajstić information content (AvgIpc) is 2.65. The predicted octanol–water partition coefficient (Wildman–Crippen LogP) is 1.24. The predicted molar refractivity (Wildman–Crippen MR) is 77.8 cm³/mol. The van der Waals surface area contributed by atoms with Gasteiger partial charge in [0, 0.05) is 18.0 Å². The fourth-order valence-corrected chi connectivity index (χ4v) is 2.33. The van der Waals surface area contributed by atoms with Gasteiger partial charge in [0.2, 0.25) is 0 Å². The Hall–Kier alpha value is -1.83. The van der Waals surface area contributed by atoms with E-state index >= 15 is 0 Å². The van der Waals surface area contributed by atoms with Crippen LogP contribution in [0.1, 0.15) is 32.2 Å². The molecule has 0 saturated carbocycles. The summed E-state index contributed by atoms with van der Waals surface area (Å²) < 4.78 is 1.43. The van der Waals surface area contributed by atoms with Crippen molar-refractivity contribution < 1.29 is 0 Å². The lowest BCUT2D eigenvalue weighted by molar-refractivity contribution is 0.538. The number of rotatable bonds is 2. The summed E-state index contributed by atoms with van der Waals surface area (Å²) in [5.74, 6) is 1.12. The molecule has 0 bridgehead atoms. The highest BCUT2D eigenvalue weighted by Crippen LogP contribution is 2.30. The Bertz CT molecular complexity index is 697. The van der Waals surface area contributed by atoms with E-state index in [0.29, 0.717) is 21.8 Å². The molecule has 2 rings (SSSR count). The van der Waals surface area contributed by atoms with Crippen LogP contribution in [0.2, 0.25) is 0 Å². The molecule has 0 aliphatic heterocycles. The first-order chi connectivity index (χ1) is 9.20. The molecular weight excluding hydrogens is 276 g/mol. The first kappa shape index (κ1) is 14.6. The Balaban J connectivity index is 2.48. The first-order valence-corrected chi connectivity index (χ1v) is 6.95. The lowest BCUT2D eigenvalue weighted by Crippen LogP contribution is -2.18. The minimum absolute atomic E-state index is 0.200. The number of nitrogens with one attached hydrogen (secondary N) is 1. The van der Waals surface area contributed by atoms with Gasteiger partial charge in [-0.05, 0) is 18.7 Å². The van der Waals surface area contributed by atoms with Crippen molar-refractivity contribution in [1.82, 2.24) is 24.7 Å². The van der Waals surface area contributed by atoms with E-state index < -0.39 is 0 Å². The minimum Gasteiger partial charge on any atom is -0.383 e. The normalized spacial score (nSPS) is 11.8. The third kappa shape index (κ3) is 2.69. The highest BCUT2D eigenvalue weighted by Gasteiger charge is 2.21. The van der Waals surface area contributed by atoms with Crippen LogP contribution in [0.3, 0.4) is 0 Å². The van der Waals surface area contributed by atoms with Gasteiger partial charge in [0.05, 0.1) is 0 Å². The Morgan fingerprint density at radius 1 is 1.30 bits per heavy atom. The summed E-state index contributed by atoms with van der Waals surface area (Å²) in [6.45, 7) is 7.93. The summed E-state index contributed by atoms with van der Waals surface area (Å²) in [7, 11) is 1.65. The fraction of sp³-hybridized carbons (Fsp3) is 0.500. The maximum atomic E-state index is 11.4. The second-order valence-corrected chi connectivity index (χ2v) is 6.54. The van der Waals surface area contributed by atoms with Crippen LogP contribution in [-0.4, -0.2) is 24.7 Å². The van der Waals surface area contributed by atoms with Crippen molar-refractivity contribution in [3.63, 3.8) is 0 Å². The molecule has 0 aliphatic carbocycles. The van der Waals surface area contributed by atoms with E-state index in [1.807, 2.05) is 27.7 Å². The summed E-state index contributed by atoms with van der Waals surface area (Å²) >= 11 is 1.30. The fourth-order valence-electron chi connectivity index (χ4n) is 1.46. The summed E-state index contributed by atoms with van der Waals surface area (Å²) in [5, 5.41) is 7.61. The zero-order valence-corrected chi connectivity index (χ0v) is 13.0. The van der Waals surface area contributed by atoms with Crippen LogP contribution >= 0.6 is 11.8 Å². The number of hydrogen-bond donors (Lipinski definition) is 2. The Morgan fingerprint density at radius 2 is 1.95 bits per heavy atom. The van der Waals surface area contributed by atoms with Crippen LogP contribution in [0, 0.1) is 6.92 Å². The molecule has 0 fully saturated rings. The zero-order valence-electron chi connectivity index (χ0n) is 12.2. The maximum absolute atomic E-state index is 11.4. The van der Waals surface area contributed by atoms with Gasteiger partial charge >= 0.3 is 5.69 Å². The third-order valence-electron chi connectivity index (χ3n) is 2.84. The van der Waals surface area contributed by atoms with E-state index in [1.165, 1.54) is 16.3 Å². The molecule has 2 heterocycles. The van der Waals surface area contributed by atoms with Gasteiger partial charge in [-0.2, -0.15) is 0 Å². The van der Waals surface area contributed by atoms with Crippen molar-refractivity contribution in [1.29, 1.82) is 0 Å². The molecule has 0 unspecified atom stereocenters. The summed E-state index contributed by atoms with van der Waals surface area (Å²) in [4.78, 5) is 20.3. The van der Waals surface area contributed by atoms with Crippen LogP contribution in [0.5, 0.6) is 0 Å². The van der Waals surface area contributed by atoms with E-state index in [2.05, 4.69) is 20.2 Å². The standard InChI is InChI=1S/C12H18N6OS/c1-6-7(13)14-9(12(2,3)4)15-8(6)20-11-17-16-10(19)18(11)5/h1-5H3,(H,16,19)(H2,13,14,15). The van der Waals surface area contributed by atoms with Gasteiger partial charge in [0.25, 0.3) is 0 Å². The molecule has 7 nitrogen and oxygen atoms in total. The average molecular weight is 294 g/mol. The van der Waals surface area contributed by atoms with Crippen molar-refractivity contribution in [2.75, 3.05) is 5.73 Å². The smallest absolute Gasteiger partial charge is 0.343 e. The Morgan fingerprint density at radius 3 is 2.45 bits per heavy atom. The van der Waals surface area contributed by atoms with Crippen molar-refractivity contribution in [2.45, 2.75) is 43.3 Å². The Kier molecular flexibility index (Phi) is 3.59. The summed E-state index contributed by atoms with van der Waals surface area (Å²) in [6.07, 6.45) is 0. The molecule has 3 N–H and O–H groups in total. The molecule has 2 aromatic rings. The first-order valence-electron chi connectivity index (χ1n) is 6.14. The molecule has 0 radical (unpaired) electrons. The number of nitrogens with zero attached hydrogens (tertiary/aromatic N) is 4. The number of hydrogen-bond acceptors (Lipinski definition) is 6. The quantitative estimate of drug-likeness (QED) is 0.808. The molecule has 8 heteroatoms. The number of nitrogen functional groups attached to an aromatic ring is 1. The number of anilines is 1. The Labute approximate surface area is 121 Å². The van der Waals surface area contributed by atoms with Crippen molar-refractivity contribution >= 4 is 17.6 Å². The van der Waals surface area contributed by atoms with Crippen molar-refractivity contribution in [2.24, 2.45) is 7.05 Å². The van der Waals surface area contributed by atoms with Gasteiger partial charge in [-0.15, -0.1) is 5.10 Å². The van der Waals surface area contributed by atoms with E-state index in [4.69, 9.17) is 5.73 Å².